The first-order valence-electron chi connectivity index (χ1n) is 14.1. The average Bonchev–Trinajstić information content (AvgIpc) is 3.22. The third kappa shape index (κ3) is 8.68. The van der Waals surface area contributed by atoms with Gasteiger partial charge in [0.15, 0.2) is 0 Å². The molecule has 2 rings (SSSR count). The number of urea groups is 2. The Morgan fingerprint density at radius 1 is 1.08 bits per heavy atom. The molecule has 2 N–H and O–H groups in total. The zero-order valence-electron chi connectivity index (χ0n) is 24.2. The summed E-state index contributed by atoms with van der Waals surface area (Å²) < 4.78 is 12.1. The minimum Gasteiger partial charge on any atom is -0.459 e. The van der Waals surface area contributed by atoms with Gasteiger partial charge in [-0.15, -0.1) is 0 Å². The Bertz CT molecular complexity index is 772. The number of carbonyl (C=O) groups is 3. The second kappa shape index (κ2) is 13.9. The summed E-state index contributed by atoms with van der Waals surface area (Å²) in [5.41, 5.74) is -0.796. The van der Waals surface area contributed by atoms with E-state index in [1.165, 1.54) is 48.3 Å². The normalized spacial score (nSPS) is 23.8. The molecule has 0 bridgehead atoms. The van der Waals surface area contributed by atoms with Crippen molar-refractivity contribution in [1.29, 1.82) is 0 Å². The molecule has 0 saturated carbocycles. The van der Waals surface area contributed by atoms with Gasteiger partial charge in [-0.3, -0.25) is 15.0 Å². The highest BCUT2D eigenvalue weighted by Gasteiger charge is 2.53. The van der Waals surface area contributed by atoms with Gasteiger partial charge in [0.05, 0.1) is 13.8 Å². The molecule has 1 unspecified atom stereocenters. The van der Waals surface area contributed by atoms with E-state index >= 15 is 0 Å². The van der Waals surface area contributed by atoms with Crippen LogP contribution in [0, 0.1) is 0 Å². The van der Waals surface area contributed by atoms with Crippen molar-refractivity contribution in [3.63, 3.8) is 0 Å². The zero-order chi connectivity index (χ0) is 27.8. The van der Waals surface area contributed by atoms with Crippen LogP contribution in [-0.4, -0.2) is 78.9 Å². The lowest BCUT2D eigenvalue weighted by Crippen LogP contribution is -2.61. The number of aliphatic hydroxyl groups excluding tert-OH is 1. The van der Waals surface area contributed by atoms with E-state index in [1.54, 1.807) is 7.05 Å². The second-order valence-corrected chi connectivity index (χ2v) is 17.9. The van der Waals surface area contributed by atoms with Crippen LogP contribution in [0.1, 0.15) is 98.3 Å². The molecule has 37 heavy (non-hydrogen) atoms. The number of unbranched alkanes of at least 4 members (excludes halogenated alkanes) is 8. The number of hydrogen-bond donors (Lipinski definition) is 2. The quantitative estimate of drug-likeness (QED) is 0.174. The lowest BCUT2D eigenvalue weighted by Gasteiger charge is -2.43. The maximum atomic E-state index is 12.8. The molecule has 4 amide bonds. The van der Waals surface area contributed by atoms with Gasteiger partial charge in [0.1, 0.15) is 25.1 Å². The first-order valence-corrected chi connectivity index (χ1v) is 17.2. The molecule has 0 aliphatic carbocycles. The molecule has 0 radical (unpaired) electrons. The second-order valence-electron chi connectivity index (χ2n) is 12.4. The van der Waals surface area contributed by atoms with Crippen molar-refractivity contribution in [2.45, 2.75) is 141 Å². The molecular weight excluding hydrogens is 490 g/mol. The van der Waals surface area contributed by atoms with Crippen molar-refractivity contribution < 1.29 is 29.0 Å². The Labute approximate surface area is 224 Å². The fourth-order valence-electron chi connectivity index (χ4n) is 4.75. The third-order valence-corrected chi connectivity index (χ3v) is 14.1. The van der Waals surface area contributed by atoms with Crippen molar-refractivity contribution in [1.82, 2.24) is 15.1 Å². The lowest BCUT2D eigenvalue weighted by molar-refractivity contribution is -0.154. The standard InChI is InChI=1S/C27H51N3O6Si/c1-8-9-10-11-12-13-14-15-16-17-22(31)35-20-18-21(30-19-29(5)25(33)28-26(30)34)36-23(20)24(32)37(6,7)27(2,3)4/h20-21,23-24,32H,8-19H2,1-7H3,(H,28,33,34)/t20-,21+,23-,24?/m0/s1. The Morgan fingerprint density at radius 2 is 1.65 bits per heavy atom. The number of imide groups is 1. The molecule has 0 aromatic rings. The summed E-state index contributed by atoms with van der Waals surface area (Å²) in [4.78, 5) is 39.9. The number of aliphatic hydroxyl groups is 1. The minimum absolute atomic E-state index is 0.0668. The van der Waals surface area contributed by atoms with Gasteiger partial charge in [-0.1, -0.05) is 92.2 Å². The van der Waals surface area contributed by atoms with Crippen LogP contribution in [0.5, 0.6) is 0 Å². The predicted octanol–water partition coefficient (Wildman–Crippen LogP) is 5.38. The van der Waals surface area contributed by atoms with Crippen LogP contribution >= 0.6 is 0 Å². The van der Waals surface area contributed by atoms with E-state index in [9.17, 15) is 19.5 Å². The Hall–Kier alpha value is -1.65. The summed E-state index contributed by atoms with van der Waals surface area (Å²) in [5.74, 6) is -0.292. The number of nitrogens with one attached hydrogen (secondary N) is 1. The maximum Gasteiger partial charge on any atom is 0.328 e. The van der Waals surface area contributed by atoms with Gasteiger partial charge in [-0.25, -0.2) is 9.59 Å². The Morgan fingerprint density at radius 3 is 2.22 bits per heavy atom. The molecule has 4 atom stereocenters. The maximum absolute atomic E-state index is 12.8. The van der Waals surface area contributed by atoms with Gasteiger partial charge in [0, 0.05) is 19.9 Å². The van der Waals surface area contributed by atoms with E-state index in [-0.39, 0.29) is 24.1 Å². The van der Waals surface area contributed by atoms with E-state index in [0.29, 0.717) is 6.42 Å². The van der Waals surface area contributed by atoms with Crippen LogP contribution < -0.4 is 5.32 Å². The van der Waals surface area contributed by atoms with Crippen LogP contribution in [0.4, 0.5) is 9.59 Å². The topological polar surface area (TPSA) is 108 Å². The van der Waals surface area contributed by atoms with Gasteiger partial charge in [0.25, 0.3) is 0 Å². The number of ether oxygens (including phenoxy) is 2. The van der Waals surface area contributed by atoms with Crippen LogP contribution in [0.15, 0.2) is 0 Å². The minimum atomic E-state index is -2.28. The highest BCUT2D eigenvalue weighted by Crippen LogP contribution is 2.42. The van der Waals surface area contributed by atoms with Gasteiger partial charge in [-0.05, 0) is 11.5 Å². The number of carbonyl (C=O) groups excluding carboxylic acids is 3. The average molecular weight is 542 g/mol. The first kappa shape index (κ1) is 31.6. The molecule has 2 heterocycles. The third-order valence-electron chi connectivity index (χ3n) is 8.40. The number of amides is 4. The SMILES string of the molecule is CCCCCCCCCCCC(=O)O[C@H]1C[C@H](N2CN(C)C(=O)NC2=O)O[C@@H]1C(O)[Si](C)(C)C(C)(C)C. The largest absolute Gasteiger partial charge is 0.459 e. The number of rotatable bonds is 14. The number of hydrogen-bond acceptors (Lipinski definition) is 6. The summed E-state index contributed by atoms with van der Waals surface area (Å²) in [6.45, 7) is 12.8. The summed E-state index contributed by atoms with van der Waals surface area (Å²) in [5, 5.41) is 13.7. The smallest absolute Gasteiger partial charge is 0.328 e. The van der Waals surface area contributed by atoms with E-state index in [1.807, 2.05) is 0 Å². The van der Waals surface area contributed by atoms with E-state index in [2.05, 4.69) is 46.1 Å². The highest BCUT2D eigenvalue weighted by atomic mass is 28.3. The fourth-order valence-corrected chi connectivity index (χ4v) is 6.75. The number of nitrogens with zero attached hydrogens (tertiary/aromatic N) is 2. The summed E-state index contributed by atoms with van der Waals surface area (Å²) in [6.07, 6.45) is 9.01. The van der Waals surface area contributed by atoms with Gasteiger partial charge < -0.3 is 19.5 Å². The molecule has 0 aromatic heterocycles. The zero-order valence-corrected chi connectivity index (χ0v) is 25.2. The van der Waals surface area contributed by atoms with E-state index < -0.39 is 44.3 Å². The Balaban J connectivity index is 1.98. The van der Waals surface area contributed by atoms with Gasteiger partial charge in [-0.2, -0.15) is 0 Å². The highest BCUT2D eigenvalue weighted by molar-refractivity contribution is 6.81. The summed E-state index contributed by atoms with van der Waals surface area (Å²) in [7, 11) is -0.692. The molecule has 214 valence electrons. The lowest BCUT2D eigenvalue weighted by atomic mass is 10.1. The van der Waals surface area contributed by atoms with E-state index in [0.717, 1.165) is 19.3 Å². The molecule has 0 spiro atoms. The summed E-state index contributed by atoms with van der Waals surface area (Å²) in [6, 6.07) is -1.02. The fraction of sp³-hybridized carbons (Fsp3) is 0.889. The molecule has 2 fully saturated rings. The first-order chi connectivity index (χ1) is 17.3. The van der Waals surface area contributed by atoms with Crippen molar-refractivity contribution in [2.24, 2.45) is 0 Å². The summed E-state index contributed by atoms with van der Waals surface area (Å²) >= 11 is 0. The molecule has 2 saturated heterocycles. The van der Waals surface area contributed by atoms with Crippen LogP contribution in [-0.2, 0) is 14.3 Å². The van der Waals surface area contributed by atoms with Crippen LogP contribution in [0.25, 0.3) is 0 Å². The molecule has 10 heteroatoms. The van der Waals surface area contributed by atoms with Crippen molar-refractivity contribution in [3.05, 3.63) is 0 Å². The van der Waals surface area contributed by atoms with E-state index in [4.69, 9.17) is 9.47 Å². The van der Waals surface area contributed by atoms with Crippen LogP contribution in [0.3, 0.4) is 0 Å². The molecular formula is C27H51N3O6Si. The van der Waals surface area contributed by atoms with Crippen molar-refractivity contribution in [2.75, 3.05) is 13.7 Å². The molecule has 2 aliphatic rings. The number of esters is 1. The van der Waals surface area contributed by atoms with Crippen molar-refractivity contribution >= 4 is 26.1 Å². The monoisotopic (exact) mass is 541 g/mol. The molecule has 0 aromatic carbocycles. The molecule has 9 nitrogen and oxygen atoms in total. The van der Waals surface area contributed by atoms with Crippen molar-refractivity contribution in [3.8, 4) is 0 Å². The molecule has 2 aliphatic heterocycles. The van der Waals surface area contributed by atoms with Gasteiger partial charge in [0.2, 0.25) is 0 Å². The van der Waals surface area contributed by atoms with Crippen LogP contribution in [0.2, 0.25) is 18.1 Å². The predicted molar refractivity (Wildman–Crippen MR) is 147 cm³/mol. The Kier molecular flexibility index (Phi) is 11.9. The van der Waals surface area contributed by atoms with Gasteiger partial charge >= 0.3 is 18.0 Å².